The quantitative estimate of drug-likeness (QED) is 0.767. The summed E-state index contributed by atoms with van der Waals surface area (Å²) in [5, 5.41) is 5.78. The van der Waals surface area contributed by atoms with Crippen molar-refractivity contribution < 1.29 is 9.18 Å². The number of urea groups is 1. The van der Waals surface area contributed by atoms with Crippen LogP contribution in [-0.4, -0.2) is 28.2 Å². The van der Waals surface area contributed by atoms with Crippen LogP contribution in [0, 0.1) is 12.7 Å². The first-order chi connectivity index (χ1) is 11.6. The number of hydrogen-bond donors (Lipinski definition) is 2. The second-order valence-electron chi connectivity index (χ2n) is 6.25. The molecule has 1 heterocycles. The molecule has 0 radical (unpaired) electrons. The summed E-state index contributed by atoms with van der Waals surface area (Å²) in [4.78, 5) is 16.0. The van der Waals surface area contributed by atoms with Gasteiger partial charge in [0.25, 0.3) is 0 Å². The zero-order chi connectivity index (χ0) is 16.9. The lowest BCUT2D eigenvalue weighted by Gasteiger charge is -2.08. The predicted molar refractivity (Wildman–Crippen MR) is 90.3 cm³/mol. The third-order valence-corrected chi connectivity index (χ3v) is 4.45. The smallest absolute Gasteiger partial charge is 0.315 e. The number of aryl methyl sites for hydroxylation is 2. The topological polar surface area (TPSA) is 59.0 Å². The van der Waals surface area contributed by atoms with Crippen molar-refractivity contribution in [3.8, 4) is 0 Å². The zero-order valence-electron chi connectivity index (χ0n) is 13.8. The van der Waals surface area contributed by atoms with Crippen LogP contribution < -0.4 is 10.6 Å². The van der Waals surface area contributed by atoms with Crippen molar-refractivity contribution in [2.75, 3.05) is 6.54 Å². The maximum atomic E-state index is 13.7. The SMILES string of the molecule is Cc1nccn1CCCCNC(=O)N[C@H]1C[C@H]1c1ccccc1F. The summed E-state index contributed by atoms with van der Waals surface area (Å²) in [6.45, 7) is 3.52. The Morgan fingerprint density at radius 2 is 2.21 bits per heavy atom. The highest BCUT2D eigenvalue weighted by Crippen LogP contribution is 2.41. The van der Waals surface area contributed by atoms with E-state index in [1.165, 1.54) is 6.07 Å². The molecular formula is C18H23FN4O. The molecule has 2 amide bonds. The van der Waals surface area contributed by atoms with Crippen molar-refractivity contribution in [1.29, 1.82) is 0 Å². The first kappa shape index (κ1) is 16.5. The van der Waals surface area contributed by atoms with E-state index < -0.39 is 0 Å². The molecule has 2 atom stereocenters. The highest BCUT2D eigenvalue weighted by molar-refractivity contribution is 5.74. The van der Waals surface area contributed by atoms with E-state index in [0.29, 0.717) is 12.1 Å². The molecule has 0 saturated heterocycles. The van der Waals surface area contributed by atoms with Crippen LogP contribution in [0.2, 0.25) is 0 Å². The normalized spacial score (nSPS) is 19.1. The number of amides is 2. The molecule has 24 heavy (non-hydrogen) atoms. The van der Waals surface area contributed by atoms with Crippen LogP contribution in [0.5, 0.6) is 0 Å². The minimum absolute atomic E-state index is 0.0375. The largest absolute Gasteiger partial charge is 0.338 e. The van der Waals surface area contributed by atoms with E-state index >= 15 is 0 Å². The molecule has 1 aromatic carbocycles. The van der Waals surface area contributed by atoms with Gasteiger partial charge >= 0.3 is 6.03 Å². The standard InChI is InChI=1S/C18H23FN4O/c1-13-20-9-11-23(13)10-5-4-8-21-18(24)22-17-12-15(17)14-6-2-3-7-16(14)19/h2-3,6-7,9,11,15,17H,4-5,8,10,12H2,1H3,(H2,21,22,24)/t15-,17-/m0/s1. The molecule has 0 spiro atoms. The zero-order valence-corrected chi connectivity index (χ0v) is 13.8. The number of rotatable bonds is 7. The first-order valence-corrected chi connectivity index (χ1v) is 8.41. The molecule has 128 valence electrons. The van der Waals surface area contributed by atoms with Gasteiger partial charge in [-0.3, -0.25) is 0 Å². The van der Waals surface area contributed by atoms with Gasteiger partial charge in [0.05, 0.1) is 0 Å². The summed E-state index contributed by atoms with van der Waals surface area (Å²) < 4.78 is 15.8. The van der Waals surface area contributed by atoms with Crippen LogP contribution in [0.3, 0.4) is 0 Å². The number of nitrogens with zero attached hydrogens (tertiary/aromatic N) is 2. The number of aromatic nitrogens is 2. The molecule has 1 fully saturated rings. The molecule has 2 N–H and O–H groups in total. The van der Waals surface area contributed by atoms with E-state index in [4.69, 9.17) is 0 Å². The lowest BCUT2D eigenvalue weighted by atomic mass is 10.1. The Morgan fingerprint density at radius 1 is 1.38 bits per heavy atom. The van der Waals surface area contributed by atoms with Gasteiger partial charge in [-0.15, -0.1) is 0 Å². The maximum absolute atomic E-state index is 13.7. The third-order valence-electron chi connectivity index (χ3n) is 4.45. The van der Waals surface area contributed by atoms with Gasteiger partial charge in [0.15, 0.2) is 0 Å². The Bertz CT molecular complexity index is 700. The van der Waals surface area contributed by atoms with Crippen molar-refractivity contribution in [3.63, 3.8) is 0 Å². The van der Waals surface area contributed by atoms with Crippen molar-refractivity contribution in [1.82, 2.24) is 20.2 Å². The predicted octanol–water partition coefficient (Wildman–Crippen LogP) is 2.97. The highest BCUT2D eigenvalue weighted by atomic mass is 19.1. The molecule has 0 aliphatic heterocycles. The van der Waals surface area contributed by atoms with Crippen molar-refractivity contribution >= 4 is 6.03 Å². The molecular weight excluding hydrogens is 307 g/mol. The summed E-state index contributed by atoms with van der Waals surface area (Å²) >= 11 is 0. The monoisotopic (exact) mass is 330 g/mol. The Balaban J connectivity index is 1.31. The second kappa shape index (κ2) is 7.47. The maximum Gasteiger partial charge on any atom is 0.315 e. The lowest BCUT2D eigenvalue weighted by Crippen LogP contribution is -2.37. The van der Waals surface area contributed by atoms with E-state index in [1.54, 1.807) is 18.3 Å². The lowest BCUT2D eigenvalue weighted by molar-refractivity contribution is 0.240. The van der Waals surface area contributed by atoms with Crippen molar-refractivity contribution in [3.05, 3.63) is 53.9 Å². The number of imidazole rings is 1. The van der Waals surface area contributed by atoms with Gasteiger partial charge in [0.1, 0.15) is 11.6 Å². The molecule has 0 bridgehead atoms. The third kappa shape index (κ3) is 4.13. The van der Waals surface area contributed by atoms with E-state index in [0.717, 1.165) is 31.6 Å². The summed E-state index contributed by atoms with van der Waals surface area (Å²) in [7, 11) is 0. The van der Waals surface area contributed by atoms with Crippen molar-refractivity contribution in [2.24, 2.45) is 0 Å². The Morgan fingerprint density at radius 3 is 2.96 bits per heavy atom. The first-order valence-electron chi connectivity index (χ1n) is 8.41. The number of hydrogen-bond acceptors (Lipinski definition) is 2. The van der Waals surface area contributed by atoms with Crippen LogP contribution >= 0.6 is 0 Å². The average Bonchev–Trinajstić information content (AvgIpc) is 3.19. The van der Waals surface area contributed by atoms with Crippen LogP contribution in [0.15, 0.2) is 36.7 Å². The van der Waals surface area contributed by atoms with Crippen LogP contribution in [-0.2, 0) is 6.54 Å². The van der Waals surface area contributed by atoms with E-state index in [2.05, 4.69) is 20.2 Å². The summed E-state index contributed by atoms with van der Waals surface area (Å²) in [6, 6.07) is 6.63. The van der Waals surface area contributed by atoms with Gasteiger partial charge in [0, 0.05) is 37.4 Å². The minimum atomic E-state index is -0.193. The average molecular weight is 330 g/mol. The molecule has 1 aromatic heterocycles. The van der Waals surface area contributed by atoms with E-state index in [-0.39, 0.29) is 23.8 Å². The van der Waals surface area contributed by atoms with E-state index in [9.17, 15) is 9.18 Å². The summed E-state index contributed by atoms with van der Waals surface area (Å²) in [5.41, 5.74) is 0.693. The van der Waals surface area contributed by atoms with Gasteiger partial charge in [-0.1, -0.05) is 18.2 Å². The highest BCUT2D eigenvalue weighted by Gasteiger charge is 2.40. The molecule has 1 aliphatic carbocycles. The van der Waals surface area contributed by atoms with Crippen molar-refractivity contribution in [2.45, 2.75) is 44.7 Å². The summed E-state index contributed by atoms with van der Waals surface area (Å²) in [6.07, 6.45) is 6.45. The molecule has 3 rings (SSSR count). The van der Waals surface area contributed by atoms with Gasteiger partial charge in [-0.2, -0.15) is 0 Å². The molecule has 2 aromatic rings. The van der Waals surface area contributed by atoms with Gasteiger partial charge in [0.2, 0.25) is 0 Å². The Labute approximate surface area is 141 Å². The Hall–Kier alpha value is -2.37. The molecule has 1 saturated carbocycles. The number of halogens is 1. The number of nitrogens with one attached hydrogen (secondary N) is 2. The summed E-state index contributed by atoms with van der Waals surface area (Å²) in [5.74, 6) is 0.914. The number of unbranched alkanes of at least 4 members (excludes halogenated alkanes) is 1. The van der Waals surface area contributed by atoms with Crippen LogP contribution in [0.4, 0.5) is 9.18 Å². The van der Waals surface area contributed by atoms with Crippen LogP contribution in [0.25, 0.3) is 0 Å². The fraction of sp³-hybridized carbons (Fsp3) is 0.444. The number of carbonyl (C=O) groups is 1. The molecule has 0 unspecified atom stereocenters. The second-order valence-corrected chi connectivity index (χ2v) is 6.25. The number of carbonyl (C=O) groups excluding carboxylic acids is 1. The van der Waals surface area contributed by atoms with E-state index in [1.807, 2.05) is 19.2 Å². The van der Waals surface area contributed by atoms with Gasteiger partial charge in [-0.05, 0) is 37.8 Å². The number of benzene rings is 1. The fourth-order valence-corrected chi connectivity index (χ4v) is 2.94. The fourth-order valence-electron chi connectivity index (χ4n) is 2.94. The van der Waals surface area contributed by atoms with Gasteiger partial charge in [-0.25, -0.2) is 14.2 Å². The van der Waals surface area contributed by atoms with Crippen LogP contribution in [0.1, 0.15) is 36.6 Å². The molecule has 1 aliphatic rings. The van der Waals surface area contributed by atoms with Gasteiger partial charge < -0.3 is 15.2 Å². The Kier molecular flexibility index (Phi) is 5.13. The minimum Gasteiger partial charge on any atom is -0.338 e. The molecule has 6 heteroatoms. The molecule has 5 nitrogen and oxygen atoms in total.